The van der Waals surface area contributed by atoms with E-state index in [0.717, 1.165) is 18.4 Å². The second kappa shape index (κ2) is 5.40. The number of hydrogen-bond donors (Lipinski definition) is 1. The van der Waals surface area contributed by atoms with Crippen LogP contribution in [0.4, 0.5) is 0 Å². The maximum Gasteiger partial charge on any atom is 0.339 e. The molecule has 0 spiro atoms. The third-order valence-electron chi connectivity index (χ3n) is 1.81. The van der Waals surface area contributed by atoms with Crippen molar-refractivity contribution in [3.63, 3.8) is 0 Å². The first-order chi connectivity index (χ1) is 6.77. The third kappa shape index (κ3) is 2.85. The Morgan fingerprint density at radius 1 is 1.57 bits per heavy atom. The summed E-state index contributed by atoms with van der Waals surface area (Å²) >= 11 is 0. The first-order valence-corrected chi connectivity index (χ1v) is 4.68. The van der Waals surface area contributed by atoms with E-state index in [1.54, 1.807) is 24.3 Å². The van der Waals surface area contributed by atoms with Crippen LogP contribution in [0.25, 0.3) is 0 Å². The van der Waals surface area contributed by atoms with Gasteiger partial charge in [0.05, 0.1) is 6.61 Å². The minimum Gasteiger partial charge on any atom is -0.423 e. The number of rotatable bonds is 4. The van der Waals surface area contributed by atoms with Crippen molar-refractivity contribution in [1.82, 2.24) is 0 Å². The minimum absolute atomic E-state index is 0.0107. The van der Waals surface area contributed by atoms with Crippen LogP contribution in [0.1, 0.15) is 19.8 Å². The first kappa shape index (κ1) is 10.7. The van der Waals surface area contributed by atoms with Crippen LogP contribution in [0.15, 0.2) is 35.6 Å². The quantitative estimate of drug-likeness (QED) is 0.693. The number of carbonyl (C=O) groups is 1. The molecular formula is C11H14O3. The third-order valence-corrected chi connectivity index (χ3v) is 1.81. The minimum atomic E-state index is -0.254. The maximum absolute atomic E-state index is 11.2. The second-order valence-electron chi connectivity index (χ2n) is 2.99. The summed E-state index contributed by atoms with van der Waals surface area (Å²) < 4.78 is 4.97. The molecule has 0 aromatic carbocycles. The van der Waals surface area contributed by atoms with Gasteiger partial charge in [0, 0.05) is 5.57 Å². The van der Waals surface area contributed by atoms with E-state index in [2.05, 4.69) is 0 Å². The summed E-state index contributed by atoms with van der Waals surface area (Å²) in [7, 11) is 0. The Bertz CT molecular complexity index is 298. The molecule has 0 amide bonds. The first-order valence-electron chi connectivity index (χ1n) is 4.68. The van der Waals surface area contributed by atoms with E-state index in [0.29, 0.717) is 5.76 Å². The number of allylic oxidation sites excluding steroid dienone is 3. The highest BCUT2D eigenvalue weighted by Crippen LogP contribution is 2.20. The molecule has 1 N–H and O–H groups in total. The summed E-state index contributed by atoms with van der Waals surface area (Å²) in [5.41, 5.74) is 0.719. The molecule has 3 nitrogen and oxygen atoms in total. The molecule has 0 unspecified atom stereocenters. The number of ether oxygens (including phenoxy) is 1. The van der Waals surface area contributed by atoms with Gasteiger partial charge in [-0.1, -0.05) is 25.5 Å². The molecule has 0 atom stereocenters. The summed E-state index contributed by atoms with van der Waals surface area (Å²) in [4.78, 5) is 11.2. The highest BCUT2D eigenvalue weighted by atomic mass is 16.5. The summed E-state index contributed by atoms with van der Waals surface area (Å²) in [6, 6.07) is 0. The van der Waals surface area contributed by atoms with Crippen LogP contribution < -0.4 is 0 Å². The largest absolute Gasteiger partial charge is 0.423 e. The highest BCUT2D eigenvalue weighted by Gasteiger charge is 2.19. The van der Waals surface area contributed by atoms with Crippen molar-refractivity contribution >= 4 is 5.97 Å². The number of carbonyl (C=O) groups excluding carboxylic acids is 1. The topological polar surface area (TPSA) is 46.5 Å². The smallest absolute Gasteiger partial charge is 0.339 e. The van der Waals surface area contributed by atoms with Gasteiger partial charge in [-0.05, 0) is 18.6 Å². The van der Waals surface area contributed by atoms with Crippen molar-refractivity contribution < 1.29 is 14.6 Å². The van der Waals surface area contributed by atoms with Crippen LogP contribution in [0, 0.1) is 0 Å². The van der Waals surface area contributed by atoms with E-state index in [1.165, 1.54) is 0 Å². The Morgan fingerprint density at radius 3 is 3.00 bits per heavy atom. The van der Waals surface area contributed by atoms with Crippen LogP contribution in [-0.2, 0) is 9.53 Å². The lowest BCUT2D eigenvalue weighted by Gasteiger charge is -1.94. The van der Waals surface area contributed by atoms with Gasteiger partial charge >= 0.3 is 5.97 Å². The van der Waals surface area contributed by atoms with E-state index >= 15 is 0 Å². The summed E-state index contributed by atoms with van der Waals surface area (Å²) in [6.07, 6.45) is 8.32. The highest BCUT2D eigenvalue weighted by molar-refractivity contribution is 5.92. The molecule has 0 aromatic rings. The van der Waals surface area contributed by atoms with E-state index in [9.17, 15) is 4.79 Å². The molecule has 0 saturated heterocycles. The lowest BCUT2D eigenvalue weighted by atomic mass is 10.1. The van der Waals surface area contributed by atoms with Gasteiger partial charge in [-0.15, -0.1) is 0 Å². The number of hydrogen-bond acceptors (Lipinski definition) is 3. The monoisotopic (exact) mass is 194 g/mol. The predicted octanol–water partition coefficient (Wildman–Crippen LogP) is 1.70. The lowest BCUT2D eigenvalue weighted by Crippen LogP contribution is -1.97. The molecule has 1 aliphatic rings. The van der Waals surface area contributed by atoms with Crippen LogP contribution >= 0.6 is 0 Å². The Hall–Kier alpha value is -1.35. The standard InChI is InChI=1S/C11H14O3/c1-2-5-9-8-10(14-11(9)13)6-3-4-7-12/h3-4,6,8,12H,2,5,7H2,1H3. The molecule has 0 bridgehead atoms. The van der Waals surface area contributed by atoms with E-state index < -0.39 is 0 Å². The summed E-state index contributed by atoms with van der Waals surface area (Å²) in [6.45, 7) is 2.00. The Balaban J connectivity index is 2.64. The average molecular weight is 194 g/mol. The van der Waals surface area contributed by atoms with Gasteiger partial charge in [-0.2, -0.15) is 0 Å². The van der Waals surface area contributed by atoms with E-state index in [4.69, 9.17) is 9.84 Å². The Kier molecular flexibility index (Phi) is 4.13. The van der Waals surface area contributed by atoms with E-state index in [1.807, 2.05) is 6.92 Å². The zero-order valence-corrected chi connectivity index (χ0v) is 8.19. The van der Waals surface area contributed by atoms with Crippen LogP contribution in [0.5, 0.6) is 0 Å². The number of aliphatic hydroxyl groups is 1. The van der Waals surface area contributed by atoms with Gasteiger partial charge in [0.25, 0.3) is 0 Å². The van der Waals surface area contributed by atoms with Gasteiger partial charge in [-0.3, -0.25) is 0 Å². The maximum atomic E-state index is 11.2. The summed E-state index contributed by atoms with van der Waals surface area (Å²) in [5, 5.41) is 8.49. The van der Waals surface area contributed by atoms with Crippen molar-refractivity contribution in [1.29, 1.82) is 0 Å². The fourth-order valence-corrected chi connectivity index (χ4v) is 1.18. The zero-order valence-electron chi connectivity index (χ0n) is 8.19. The van der Waals surface area contributed by atoms with Crippen molar-refractivity contribution in [2.45, 2.75) is 19.8 Å². The van der Waals surface area contributed by atoms with Gasteiger partial charge in [0.15, 0.2) is 0 Å². The van der Waals surface area contributed by atoms with Crippen molar-refractivity contribution in [2.24, 2.45) is 0 Å². The molecule has 0 saturated carbocycles. The van der Waals surface area contributed by atoms with Gasteiger partial charge in [0.2, 0.25) is 0 Å². The summed E-state index contributed by atoms with van der Waals surface area (Å²) in [5.74, 6) is 0.290. The van der Waals surface area contributed by atoms with Gasteiger partial charge in [-0.25, -0.2) is 4.79 Å². The Labute approximate surface area is 83.4 Å². The van der Waals surface area contributed by atoms with Crippen LogP contribution in [-0.4, -0.2) is 17.7 Å². The molecule has 3 heteroatoms. The van der Waals surface area contributed by atoms with Crippen molar-refractivity contribution in [2.75, 3.05) is 6.61 Å². The predicted molar refractivity (Wildman–Crippen MR) is 53.4 cm³/mol. The van der Waals surface area contributed by atoms with Crippen molar-refractivity contribution in [3.8, 4) is 0 Å². The molecule has 1 rings (SSSR count). The van der Waals surface area contributed by atoms with Crippen molar-refractivity contribution in [3.05, 3.63) is 35.6 Å². The second-order valence-corrected chi connectivity index (χ2v) is 2.99. The number of cyclic esters (lactones) is 1. The molecule has 14 heavy (non-hydrogen) atoms. The SMILES string of the molecule is CCCC1=CC(=CC=CCO)OC1=O. The number of aliphatic hydroxyl groups excluding tert-OH is 1. The fraction of sp³-hybridized carbons (Fsp3) is 0.364. The zero-order chi connectivity index (χ0) is 10.4. The molecule has 0 aliphatic carbocycles. The van der Waals surface area contributed by atoms with Gasteiger partial charge in [0.1, 0.15) is 5.76 Å². The molecule has 0 fully saturated rings. The number of esters is 1. The molecule has 76 valence electrons. The molecular weight excluding hydrogens is 180 g/mol. The molecule has 1 heterocycles. The van der Waals surface area contributed by atoms with E-state index in [-0.39, 0.29) is 12.6 Å². The lowest BCUT2D eigenvalue weighted by molar-refractivity contribution is -0.133. The van der Waals surface area contributed by atoms with Crippen LogP contribution in [0.3, 0.4) is 0 Å². The van der Waals surface area contributed by atoms with Gasteiger partial charge < -0.3 is 9.84 Å². The Morgan fingerprint density at radius 2 is 2.36 bits per heavy atom. The molecule has 1 aliphatic heterocycles. The average Bonchev–Trinajstić information content (AvgIpc) is 2.49. The molecule has 0 radical (unpaired) electrons. The van der Waals surface area contributed by atoms with Crippen LogP contribution in [0.2, 0.25) is 0 Å². The normalized spacial score (nSPS) is 19.1. The molecule has 0 aromatic heterocycles. The fourth-order valence-electron chi connectivity index (χ4n) is 1.18.